The van der Waals surface area contributed by atoms with Gasteiger partial charge in [0.1, 0.15) is 10.4 Å². The molecule has 0 saturated carbocycles. The normalized spacial score (nSPS) is 11.3. The fourth-order valence-corrected chi connectivity index (χ4v) is 2.68. The molecule has 0 amide bonds. The Morgan fingerprint density at radius 1 is 1.17 bits per heavy atom. The summed E-state index contributed by atoms with van der Waals surface area (Å²) in [5.74, 6) is 0. The molecule has 1 aromatic carbocycles. The van der Waals surface area contributed by atoms with Crippen LogP contribution in [0.2, 0.25) is 0 Å². The summed E-state index contributed by atoms with van der Waals surface area (Å²) in [7, 11) is 0. The van der Waals surface area contributed by atoms with Crippen molar-refractivity contribution in [1.29, 1.82) is 5.26 Å². The van der Waals surface area contributed by atoms with Crippen LogP contribution in [0.5, 0.6) is 0 Å². The molecule has 0 N–H and O–H groups in total. The molecule has 2 nitrogen and oxygen atoms in total. The standard InChI is InChI=1S/C15H16N2S/c1-10-5-7-12(8-6-10)13-11(2)18-14(17-13)15(3,4)9-16/h5-8H,1-4H3. The highest BCUT2D eigenvalue weighted by molar-refractivity contribution is 7.12. The molecule has 0 atom stereocenters. The number of nitrogens with zero attached hydrogens (tertiary/aromatic N) is 2. The van der Waals surface area contributed by atoms with Gasteiger partial charge in [0.25, 0.3) is 0 Å². The summed E-state index contributed by atoms with van der Waals surface area (Å²) in [6.45, 7) is 7.94. The highest BCUT2D eigenvalue weighted by Crippen LogP contribution is 2.33. The molecule has 0 saturated heterocycles. The molecule has 0 aliphatic heterocycles. The van der Waals surface area contributed by atoms with Gasteiger partial charge in [-0.3, -0.25) is 0 Å². The minimum atomic E-state index is -0.516. The Hall–Kier alpha value is -1.66. The molecule has 0 aliphatic carbocycles. The maximum Gasteiger partial charge on any atom is 0.113 e. The Kier molecular flexibility index (Phi) is 3.23. The third kappa shape index (κ3) is 2.30. The maximum atomic E-state index is 9.17. The first-order valence-corrected chi connectivity index (χ1v) is 6.72. The van der Waals surface area contributed by atoms with Gasteiger partial charge < -0.3 is 0 Å². The van der Waals surface area contributed by atoms with E-state index in [0.29, 0.717) is 0 Å². The van der Waals surface area contributed by atoms with Crippen LogP contribution >= 0.6 is 11.3 Å². The Morgan fingerprint density at radius 2 is 1.78 bits per heavy atom. The molecule has 1 aromatic heterocycles. The van der Waals surface area contributed by atoms with Crippen molar-refractivity contribution in [1.82, 2.24) is 4.98 Å². The Bertz CT molecular complexity index is 600. The molecule has 0 radical (unpaired) electrons. The van der Waals surface area contributed by atoms with E-state index in [2.05, 4.69) is 49.2 Å². The SMILES string of the molecule is Cc1ccc(-c2nc(C(C)(C)C#N)sc2C)cc1. The van der Waals surface area contributed by atoms with E-state index in [4.69, 9.17) is 0 Å². The molecular weight excluding hydrogens is 240 g/mol. The molecule has 3 heteroatoms. The first-order valence-electron chi connectivity index (χ1n) is 5.90. The average Bonchev–Trinajstić information content (AvgIpc) is 2.73. The average molecular weight is 256 g/mol. The minimum absolute atomic E-state index is 0.516. The number of nitriles is 1. The predicted molar refractivity (Wildman–Crippen MR) is 75.7 cm³/mol. The van der Waals surface area contributed by atoms with Gasteiger partial charge in [-0.05, 0) is 27.7 Å². The second-order valence-electron chi connectivity index (χ2n) is 5.03. The number of benzene rings is 1. The van der Waals surface area contributed by atoms with E-state index in [-0.39, 0.29) is 0 Å². The van der Waals surface area contributed by atoms with Crippen molar-refractivity contribution in [2.24, 2.45) is 0 Å². The Morgan fingerprint density at radius 3 is 2.33 bits per heavy atom. The second-order valence-corrected chi connectivity index (χ2v) is 6.23. The summed E-state index contributed by atoms with van der Waals surface area (Å²) in [6.07, 6.45) is 0. The summed E-state index contributed by atoms with van der Waals surface area (Å²) in [5.41, 5.74) is 2.84. The summed E-state index contributed by atoms with van der Waals surface area (Å²) in [5, 5.41) is 10.1. The van der Waals surface area contributed by atoms with Crippen molar-refractivity contribution < 1.29 is 0 Å². The van der Waals surface area contributed by atoms with Crippen molar-refractivity contribution in [3.63, 3.8) is 0 Å². The number of thiazole rings is 1. The molecule has 18 heavy (non-hydrogen) atoms. The zero-order valence-corrected chi connectivity index (χ0v) is 11.9. The summed E-state index contributed by atoms with van der Waals surface area (Å²) < 4.78 is 0. The molecule has 2 aromatic rings. The van der Waals surface area contributed by atoms with Crippen LogP contribution in [0.3, 0.4) is 0 Å². The number of aryl methyl sites for hydroxylation is 2. The van der Waals surface area contributed by atoms with Gasteiger partial charge in [0.15, 0.2) is 0 Å². The first kappa shape index (κ1) is 12.8. The first-order chi connectivity index (χ1) is 8.44. The summed E-state index contributed by atoms with van der Waals surface area (Å²) in [4.78, 5) is 5.81. The quantitative estimate of drug-likeness (QED) is 0.806. The van der Waals surface area contributed by atoms with Crippen LogP contribution in [0, 0.1) is 25.2 Å². The van der Waals surface area contributed by atoms with Crippen molar-refractivity contribution in [2.45, 2.75) is 33.1 Å². The van der Waals surface area contributed by atoms with Gasteiger partial charge in [-0.25, -0.2) is 4.98 Å². The van der Waals surface area contributed by atoms with Crippen LogP contribution in [0.25, 0.3) is 11.3 Å². The number of hydrogen-bond acceptors (Lipinski definition) is 3. The van der Waals surface area contributed by atoms with E-state index < -0.39 is 5.41 Å². The van der Waals surface area contributed by atoms with E-state index in [1.54, 1.807) is 11.3 Å². The van der Waals surface area contributed by atoms with Gasteiger partial charge in [-0.1, -0.05) is 29.8 Å². The molecule has 1 heterocycles. The lowest BCUT2D eigenvalue weighted by Gasteiger charge is -2.09. The van der Waals surface area contributed by atoms with Crippen LogP contribution in [0.4, 0.5) is 0 Å². The van der Waals surface area contributed by atoms with Crippen molar-refractivity contribution >= 4 is 11.3 Å². The monoisotopic (exact) mass is 256 g/mol. The van der Waals surface area contributed by atoms with E-state index in [9.17, 15) is 5.26 Å². The lowest BCUT2D eigenvalue weighted by Crippen LogP contribution is -2.13. The van der Waals surface area contributed by atoms with Gasteiger partial charge >= 0.3 is 0 Å². The highest BCUT2D eigenvalue weighted by atomic mass is 32.1. The smallest absolute Gasteiger partial charge is 0.113 e. The molecular formula is C15H16N2S. The molecule has 2 rings (SSSR count). The number of hydrogen-bond donors (Lipinski definition) is 0. The van der Waals surface area contributed by atoms with Gasteiger partial charge in [0, 0.05) is 10.4 Å². The third-order valence-corrected chi connectivity index (χ3v) is 4.23. The lowest BCUT2D eigenvalue weighted by molar-refractivity contribution is 0.680. The predicted octanol–water partition coefficient (Wildman–Crippen LogP) is 4.23. The Labute approximate surface area is 112 Å². The molecule has 0 bridgehead atoms. The highest BCUT2D eigenvalue weighted by Gasteiger charge is 2.25. The topological polar surface area (TPSA) is 36.7 Å². The molecule has 0 aliphatic rings. The maximum absolute atomic E-state index is 9.17. The van der Waals surface area contributed by atoms with Crippen molar-refractivity contribution in [3.05, 3.63) is 39.7 Å². The van der Waals surface area contributed by atoms with Crippen LogP contribution in [-0.2, 0) is 5.41 Å². The lowest BCUT2D eigenvalue weighted by atomic mass is 9.97. The van der Waals surface area contributed by atoms with Gasteiger partial charge in [-0.15, -0.1) is 11.3 Å². The number of aromatic nitrogens is 1. The van der Waals surface area contributed by atoms with Crippen molar-refractivity contribution in [2.75, 3.05) is 0 Å². The molecule has 92 valence electrons. The zero-order chi connectivity index (χ0) is 13.3. The van der Waals surface area contributed by atoms with Gasteiger partial charge in [0.2, 0.25) is 0 Å². The largest absolute Gasteiger partial charge is 0.239 e. The number of rotatable bonds is 2. The zero-order valence-electron chi connectivity index (χ0n) is 11.1. The van der Waals surface area contributed by atoms with Crippen LogP contribution < -0.4 is 0 Å². The minimum Gasteiger partial charge on any atom is -0.239 e. The molecule has 0 unspecified atom stereocenters. The Balaban J connectivity index is 2.48. The van der Waals surface area contributed by atoms with Gasteiger partial charge in [0.05, 0.1) is 11.8 Å². The van der Waals surface area contributed by atoms with E-state index in [0.717, 1.165) is 21.1 Å². The van der Waals surface area contributed by atoms with Crippen LogP contribution in [-0.4, -0.2) is 4.98 Å². The third-order valence-electron chi connectivity index (χ3n) is 2.94. The molecule has 0 fully saturated rings. The fourth-order valence-electron chi connectivity index (χ4n) is 1.69. The fraction of sp³-hybridized carbons (Fsp3) is 0.333. The summed E-state index contributed by atoms with van der Waals surface area (Å²) in [6, 6.07) is 10.6. The molecule has 0 spiro atoms. The van der Waals surface area contributed by atoms with Crippen molar-refractivity contribution in [3.8, 4) is 17.3 Å². The van der Waals surface area contributed by atoms with E-state index in [1.807, 2.05) is 13.8 Å². The second kappa shape index (κ2) is 4.55. The van der Waals surface area contributed by atoms with Crippen LogP contribution in [0.15, 0.2) is 24.3 Å². The van der Waals surface area contributed by atoms with E-state index >= 15 is 0 Å². The van der Waals surface area contributed by atoms with Gasteiger partial charge in [-0.2, -0.15) is 5.26 Å². The van der Waals surface area contributed by atoms with Crippen LogP contribution in [0.1, 0.15) is 29.3 Å². The summed E-state index contributed by atoms with van der Waals surface area (Å²) >= 11 is 1.61. The van der Waals surface area contributed by atoms with E-state index in [1.165, 1.54) is 5.56 Å².